The molecule has 44 valence electrons. The first-order valence-electron chi connectivity index (χ1n) is 1.95. The van der Waals surface area contributed by atoms with Crippen molar-refractivity contribution in [1.82, 2.24) is 5.06 Å². The van der Waals surface area contributed by atoms with Gasteiger partial charge in [-0.25, -0.2) is 5.06 Å². The maximum absolute atomic E-state index is 10.1. The Morgan fingerprint density at radius 3 is 2.62 bits per heavy atom. The Labute approximate surface area is 44.8 Å². The van der Waals surface area contributed by atoms with Crippen LogP contribution >= 0.6 is 0 Å². The van der Waals surface area contributed by atoms with Gasteiger partial charge in [-0.1, -0.05) is 0 Å². The summed E-state index contributed by atoms with van der Waals surface area (Å²) in [5.41, 5.74) is 0. The second kappa shape index (κ2) is 1.53. The van der Waals surface area contributed by atoms with Gasteiger partial charge in [0, 0.05) is 0 Å². The van der Waals surface area contributed by atoms with Gasteiger partial charge in [0.1, 0.15) is 6.34 Å². The number of hydrogen-bond donors (Lipinski definition) is 2. The number of amides is 1. The molecule has 0 saturated carbocycles. The van der Waals surface area contributed by atoms with Crippen molar-refractivity contribution < 1.29 is 15.1 Å². The fourth-order valence-electron chi connectivity index (χ4n) is 0.359. The minimum absolute atomic E-state index is 0.336. The average molecular weight is 116 g/mol. The van der Waals surface area contributed by atoms with Gasteiger partial charge in [-0.15, -0.1) is 0 Å². The largest absolute Gasteiger partial charge is 0.364 e. The van der Waals surface area contributed by atoms with Gasteiger partial charge in [-0.2, -0.15) is 4.99 Å². The molecule has 0 spiro atoms. The van der Waals surface area contributed by atoms with Crippen LogP contribution in [0.25, 0.3) is 0 Å². The van der Waals surface area contributed by atoms with E-state index in [1.54, 1.807) is 0 Å². The van der Waals surface area contributed by atoms with Crippen molar-refractivity contribution in [2.45, 2.75) is 6.23 Å². The summed E-state index contributed by atoms with van der Waals surface area (Å²) in [6.07, 6.45) is -0.637. The molecule has 0 aliphatic carbocycles. The third-order valence-corrected chi connectivity index (χ3v) is 0.775. The molecule has 1 unspecified atom stereocenters. The van der Waals surface area contributed by atoms with Crippen LogP contribution < -0.4 is 0 Å². The van der Waals surface area contributed by atoms with E-state index in [0.717, 1.165) is 6.34 Å². The minimum Gasteiger partial charge on any atom is -0.364 e. The molecule has 1 atom stereocenters. The summed E-state index contributed by atoms with van der Waals surface area (Å²) in [6, 6.07) is 0. The number of rotatable bonds is 0. The fraction of sp³-hybridized carbons (Fsp3) is 0.333. The molecule has 0 aromatic carbocycles. The van der Waals surface area contributed by atoms with E-state index in [2.05, 4.69) is 4.99 Å². The van der Waals surface area contributed by atoms with Crippen molar-refractivity contribution in [3.05, 3.63) is 0 Å². The quantitative estimate of drug-likeness (QED) is 0.406. The Morgan fingerprint density at radius 1 is 1.88 bits per heavy atom. The van der Waals surface area contributed by atoms with Gasteiger partial charge in [0.25, 0.3) is 5.91 Å². The first-order chi connectivity index (χ1) is 3.72. The molecule has 1 rings (SSSR count). The Morgan fingerprint density at radius 2 is 2.50 bits per heavy atom. The number of aliphatic hydroxyl groups is 1. The van der Waals surface area contributed by atoms with Gasteiger partial charge in [-0.05, 0) is 0 Å². The predicted molar refractivity (Wildman–Crippen MR) is 23.1 cm³/mol. The number of nitrogens with zero attached hydrogens (tertiary/aromatic N) is 2. The highest BCUT2D eigenvalue weighted by atomic mass is 16.5. The van der Waals surface area contributed by atoms with Gasteiger partial charge in [0.05, 0.1) is 0 Å². The van der Waals surface area contributed by atoms with Crippen LogP contribution in [0.4, 0.5) is 0 Å². The van der Waals surface area contributed by atoms with Crippen LogP contribution in [0.15, 0.2) is 4.99 Å². The van der Waals surface area contributed by atoms with Crippen molar-refractivity contribution in [2.75, 3.05) is 0 Å². The molecule has 1 aliphatic heterocycles. The molecule has 1 amide bonds. The maximum atomic E-state index is 10.1. The number of carbonyl (C=O) groups excluding carboxylic acids is 1. The molecule has 0 aromatic rings. The molecule has 2 N–H and O–H groups in total. The van der Waals surface area contributed by atoms with Gasteiger partial charge in [-0.3, -0.25) is 10.0 Å². The highest BCUT2D eigenvalue weighted by molar-refractivity contribution is 5.92. The summed E-state index contributed by atoms with van der Waals surface area (Å²) >= 11 is 0. The second-order valence-corrected chi connectivity index (χ2v) is 1.34. The number of aliphatic imine (C=N–C) groups is 1. The van der Waals surface area contributed by atoms with Crippen molar-refractivity contribution in [3.8, 4) is 0 Å². The molecule has 0 fully saturated rings. The van der Waals surface area contributed by atoms with Crippen LogP contribution in [0.1, 0.15) is 0 Å². The van der Waals surface area contributed by atoms with Crippen molar-refractivity contribution in [3.63, 3.8) is 0 Å². The summed E-state index contributed by atoms with van der Waals surface area (Å²) in [4.78, 5) is 13.2. The lowest BCUT2D eigenvalue weighted by Crippen LogP contribution is -2.30. The normalized spacial score (nSPS) is 27.5. The molecule has 0 bridgehead atoms. The molecule has 0 aromatic heterocycles. The minimum atomic E-state index is -1.49. The SMILES string of the molecule is O=C1N=CN(O)C1O. The molecular weight excluding hydrogens is 112 g/mol. The van der Waals surface area contributed by atoms with E-state index in [1.165, 1.54) is 0 Å². The van der Waals surface area contributed by atoms with Crippen molar-refractivity contribution >= 4 is 12.2 Å². The third-order valence-electron chi connectivity index (χ3n) is 0.775. The Bertz CT molecular complexity index is 143. The lowest BCUT2D eigenvalue weighted by Gasteiger charge is -2.06. The van der Waals surface area contributed by atoms with Crippen LogP contribution in [0.2, 0.25) is 0 Å². The zero-order chi connectivity index (χ0) is 6.15. The molecule has 0 radical (unpaired) electrons. The van der Waals surface area contributed by atoms with E-state index in [0.29, 0.717) is 5.06 Å². The molecule has 5 nitrogen and oxygen atoms in total. The van der Waals surface area contributed by atoms with Crippen molar-refractivity contribution in [2.24, 2.45) is 4.99 Å². The van der Waals surface area contributed by atoms with E-state index < -0.39 is 12.1 Å². The lowest BCUT2D eigenvalue weighted by molar-refractivity contribution is -0.154. The third kappa shape index (κ3) is 0.573. The Hall–Kier alpha value is -0.940. The second-order valence-electron chi connectivity index (χ2n) is 1.34. The van der Waals surface area contributed by atoms with Gasteiger partial charge in [0.2, 0.25) is 6.23 Å². The molecule has 5 heteroatoms. The maximum Gasteiger partial charge on any atom is 0.299 e. The zero-order valence-corrected chi connectivity index (χ0v) is 3.85. The lowest BCUT2D eigenvalue weighted by atomic mass is 10.6. The summed E-state index contributed by atoms with van der Waals surface area (Å²) in [5.74, 6) is -0.743. The first kappa shape index (κ1) is 5.20. The highest BCUT2D eigenvalue weighted by Crippen LogP contribution is 1.97. The summed E-state index contributed by atoms with van der Waals surface area (Å²) in [7, 11) is 0. The number of carbonyl (C=O) groups is 1. The van der Waals surface area contributed by atoms with Gasteiger partial charge in [0.15, 0.2) is 0 Å². The topological polar surface area (TPSA) is 73.1 Å². The Balaban J connectivity index is 2.69. The molecular formula is C3H4N2O3. The van der Waals surface area contributed by atoms with Gasteiger partial charge >= 0.3 is 0 Å². The highest BCUT2D eigenvalue weighted by Gasteiger charge is 2.24. The van der Waals surface area contributed by atoms with E-state index in [-0.39, 0.29) is 0 Å². The first-order valence-corrected chi connectivity index (χ1v) is 1.95. The summed E-state index contributed by atoms with van der Waals surface area (Å²) in [6.45, 7) is 0. The molecule has 8 heavy (non-hydrogen) atoms. The monoisotopic (exact) mass is 116 g/mol. The molecule has 0 saturated heterocycles. The van der Waals surface area contributed by atoms with Crippen LogP contribution in [-0.2, 0) is 4.79 Å². The van der Waals surface area contributed by atoms with Gasteiger partial charge < -0.3 is 5.11 Å². The van der Waals surface area contributed by atoms with Crippen LogP contribution in [-0.4, -0.2) is 33.9 Å². The number of hydroxylamine groups is 2. The Kier molecular flexibility index (Phi) is 0.997. The fourth-order valence-corrected chi connectivity index (χ4v) is 0.359. The van der Waals surface area contributed by atoms with E-state index in [4.69, 9.17) is 10.3 Å². The molecule has 1 heterocycles. The smallest absolute Gasteiger partial charge is 0.299 e. The van der Waals surface area contributed by atoms with E-state index >= 15 is 0 Å². The predicted octanol–water partition coefficient (Wildman–Crippen LogP) is -1.44. The van der Waals surface area contributed by atoms with Crippen LogP contribution in [0.3, 0.4) is 0 Å². The van der Waals surface area contributed by atoms with E-state index in [9.17, 15) is 4.79 Å². The van der Waals surface area contributed by atoms with Crippen LogP contribution in [0, 0.1) is 0 Å². The van der Waals surface area contributed by atoms with Crippen molar-refractivity contribution in [1.29, 1.82) is 0 Å². The van der Waals surface area contributed by atoms with E-state index in [1.807, 2.05) is 0 Å². The standard InChI is InChI=1S/C3H4N2O3/c6-2-3(7)5(8)1-4-2/h1,3,7-8H. The number of aliphatic hydroxyl groups excluding tert-OH is 1. The summed E-state index contributed by atoms with van der Waals surface area (Å²) in [5, 5.41) is 17.2. The van der Waals surface area contributed by atoms with Crippen LogP contribution in [0.5, 0.6) is 0 Å². The average Bonchev–Trinajstić information content (AvgIpc) is 1.98. The molecule has 1 aliphatic rings. The number of hydrogen-bond acceptors (Lipinski definition) is 4. The summed E-state index contributed by atoms with van der Waals surface area (Å²) < 4.78 is 0. The zero-order valence-electron chi connectivity index (χ0n) is 3.85.